The minimum atomic E-state index is -0.0627. The van der Waals surface area contributed by atoms with Crippen LogP contribution in [0, 0.1) is 0 Å². The molecule has 0 aliphatic carbocycles. The molecular formula is C92H76N6O8. The van der Waals surface area contributed by atoms with E-state index >= 15 is 0 Å². The van der Waals surface area contributed by atoms with E-state index in [0.717, 1.165) is 180 Å². The zero-order valence-electron chi connectivity index (χ0n) is 59.0. The molecule has 0 aliphatic heterocycles. The molecule has 0 bridgehead atoms. The van der Waals surface area contributed by atoms with E-state index in [9.17, 15) is 20.4 Å². The van der Waals surface area contributed by atoms with Gasteiger partial charge in [-0.25, -0.2) is 0 Å². The van der Waals surface area contributed by atoms with Gasteiger partial charge >= 0.3 is 0 Å². The second-order valence-corrected chi connectivity index (χ2v) is 26.0. The van der Waals surface area contributed by atoms with Crippen molar-refractivity contribution >= 4 is 112 Å². The number of rotatable bonds is 23. The number of aliphatic hydroxyl groups excluding tert-OH is 4. The van der Waals surface area contributed by atoms with Crippen molar-refractivity contribution in [3.8, 4) is 45.5 Å². The molecule has 2 heterocycles. The van der Waals surface area contributed by atoms with Crippen LogP contribution >= 0.6 is 0 Å². The van der Waals surface area contributed by atoms with Crippen LogP contribution in [0.5, 0.6) is 23.0 Å². The predicted octanol–water partition coefficient (Wildman–Crippen LogP) is 21.4. The van der Waals surface area contributed by atoms with Gasteiger partial charge in [0.1, 0.15) is 23.0 Å². The van der Waals surface area contributed by atoms with Gasteiger partial charge in [-0.05, 0) is 276 Å². The molecule has 106 heavy (non-hydrogen) atoms. The van der Waals surface area contributed by atoms with Crippen molar-refractivity contribution < 1.29 is 39.4 Å². The molecule has 16 aromatic rings. The summed E-state index contributed by atoms with van der Waals surface area (Å²) < 4.78 is 27.2. The van der Waals surface area contributed by atoms with E-state index in [1.54, 1.807) is 28.4 Å². The summed E-state index contributed by atoms with van der Waals surface area (Å²) in [5, 5.41) is 44.6. The molecule has 14 aromatic carbocycles. The standard InChI is InChI=1S/C92H76N6O8/c1-103-81-41-29-71(30-42-81)93(67-17-5-61(57-99)6-18-67)77-37-49-89-85(53-77)86-54-78(94(68-19-7-62(58-100)8-20-68)72-31-43-82(104-2)44-32-72)38-50-90(86)97(89)75-25-13-65(14-26-75)66-15-27-76(28-16-66)98-91-51-39-79(95(69-21-9-63(59-101)10-22-69)73-33-45-83(105-3)46-34-73)55-87(91)88-56-80(40-52-92(88)98)96(70-23-11-64(60-102)12-24-70)74-35-47-84(106-4)48-36-74/h5-56,99-102H,57-60H2,1-4H3. The molecule has 0 saturated carbocycles. The van der Waals surface area contributed by atoms with E-state index in [2.05, 4.69) is 199 Å². The summed E-state index contributed by atoms with van der Waals surface area (Å²) in [7, 11) is 6.69. The second-order valence-electron chi connectivity index (χ2n) is 26.0. The van der Waals surface area contributed by atoms with Crippen LogP contribution in [-0.4, -0.2) is 58.0 Å². The highest BCUT2D eigenvalue weighted by molar-refractivity contribution is 6.14. The molecule has 14 nitrogen and oxygen atoms in total. The molecule has 14 heteroatoms. The van der Waals surface area contributed by atoms with E-state index in [1.165, 1.54) is 0 Å². The summed E-state index contributed by atoms with van der Waals surface area (Å²) in [5.41, 5.74) is 22.7. The SMILES string of the molecule is COc1ccc(N(c2ccc(CO)cc2)c2ccc3c(c2)c2cc(N(c4ccc(CO)cc4)c4ccc(OC)cc4)ccc2n3-c2ccc(-c3ccc(-n4c5ccc(N(c6ccc(CO)cc6)c6ccc(OC)cc6)cc5c5cc(N(c6ccc(CO)cc6)c6ccc(OC)cc6)ccc54)cc3)cc2)cc1. The van der Waals surface area contributed by atoms with Crippen LogP contribution in [0.3, 0.4) is 0 Å². The Balaban J connectivity index is 0.814. The Kier molecular flexibility index (Phi) is 18.7. The third-order valence-corrected chi connectivity index (χ3v) is 19.9. The number of hydrogen-bond donors (Lipinski definition) is 4. The number of aliphatic hydroxyl groups is 4. The first kappa shape index (κ1) is 67.4. The van der Waals surface area contributed by atoms with Crippen LogP contribution in [0.15, 0.2) is 315 Å². The van der Waals surface area contributed by atoms with E-state index in [0.29, 0.717) is 0 Å². The number of anilines is 12. The van der Waals surface area contributed by atoms with Crippen molar-refractivity contribution in [2.45, 2.75) is 26.4 Å². The molecule has 16 rings (SSSR count). The zero-order chi connectivity index (χ0) is 72.4. The Bertz CT molecular complexity index is 4910. The van der Waals surface area contributed by atoms with Crippen LogP contribution in [0.4, 0.5) is 68.2 Å². The highest BCUT2D eigenvalue weighted by Crippen LogP contribution is 2.47. The maximum atomic E-state index is 10.1. The minimum absolute atomic E-state index is 0.0627. The second kappa shape index (κ2) is 29.3. The van der Waals surface area contributed by atoms with E-state index in [1.807, 2.05) is 146 Å². The van der Waals surface area contributed by atoms with Gasteiger partial charge in [-0.15, -0.1) is 0 Å². The molecule has 522 valence electrons. The molecule has 0 aliphatic rings. The first-order chi connectivity index (χ1) is 52.1. The average Bonchev–Trinajstić information content (AvgIpc) is 1.59. The highest BCUT2D eigenvalue weighted by Gasteiger charge is 2.24. The van der Waals surface area contributed by atoms with Crippen molar-refractivity contribution in [1.29, 1.82) is 0 Å². The lowest BCUT2D eigenvalue weighted by Crippen LogP contribution is -2.10. The Morgan fingerprint density at radius 1 is 0.217 bits per heavy atom. The quantitative estimate of drug-likeness (QED) is 0.0485. The van der Waals surface area contributed by atoms with Crippen LogP contribution in [0.25, 0.3) is 66.1 Å². The van der Waals surface area contributed by atoms with Crippen LogP contribution in [0.2, 0.25) is 0 Å². The van der Waals surface area contributed by atoms with Crippen molar-refractivity contribution in [1.82, 2.24) is 9.13 Å². The largest absolute Gasteiger partial charge is 0.497 e. The summed E-state index contributed by atoms with van der Waals surface area (Å²) in [6, 6.07) is 109. The normalized spacial score (nSPS) is 11.4. The first-order valence-corrected chi connectivity index (χ1v) is 35.1. The van der Waals surface area contributed by atoms with E-state index < -0.39 is 0 Å². The van der Waals surface area contributed by atoms with Gasteiger partial charge in [0.25, 0.3) is 0 Å². The number of benzene rings is 14. The predicted molar refractivity (Wildman–Crippen MR) is 429 cm³/mol. The lowest BCUT2D eigenvalue weighted by atomic mass is 10.0. The maximum Gasteiger partial charge on any atom is 0.119 e. The lowest BCUT2D eigenvalue weighted by molar-refractivity contribution is 0.281. The monoisotopic (exact) mass is 1390 g/mol. The van der Waals surface area contributed by atoms with Gasteiger partial charge in [0, 0.05) is 101 Å². The maximum absolute atomic E-state index is 10.1. The fourth-order valence-corrected chi connectivity index (χ4v) is 14.4. The lowest BCUT2D eigenvalue weighted by Gasteiger charge is -2.26. The summed E-state index contributed by atoms with van der Waals surface area (Å²) >= 11 is 0. The van der Waals surface area contributed by atoms with Crippen molar-refractivity contribution in [2.24, 2.45) is 0 Å². The van der Waals surface area contributed by atoms with Gasteiger partial charge in [-0.3, -0.25) is 0 Å². The highest BCUT2D eigenvalue weighted by atomic mass is 16.5. The fraction of sp³-hybridized carbons (Fsp3) is 0.0870. The molecule has 2 aromatic heterocycles. The smallest absolute Gasteiger partial charge is 0.119 e. The number of methoxy groups -OCH3 is 4. The number of nitrogens with zero attached hydrogens (tertiary/aromatic N) is 6. The van der Waals surface area contributed by atoms with Crippen LogP contribution in [-0.2, 0) is 26.4 Å². The summed E-state index contributed by atoms with van der Waals surface area (Å²) in [4.78, 5) is 8.92. The van der Waals surface area contributed by atoms with Gasteiger partial charge in [0.05, 0.1) is 76.9 Å². The van der Waals surface area contributed by atoms with Crippen molar-refractivity contribution in [2.75, 3.05) is 48.0 Å². The van der Waals surface area contributed by atoms with Crippen LogP contribution in [0.1, 0.15) is 22.3 Å². The number of hydrogen-bond acceptors (Lipinski definition) is 12. The molecule has 0 atom stereocenters. The van der Waals surface area contributed by atoms with Crippen molar-refractivity contribution in [3.63, 3.8) is 0 Å². The van der Waals surface area contributed by atoms with Crippen molar-refractivity contribution in [3.05, 3.63) is 338 Å². The van der Waals surface area contributed by atoms with Gasteiger partial charge in [0.2, 0.25) is 0 Å². The zero-order valence-corrected chi connectivity index (χ0v) is 59.0. The number of ether oxygens (including phenoxy) is 4. The average molecular weight is 1390 g/mol. The molecule has 0 amide bonds. The summed E-state index contributed by atoms with van der Waals surface area (Å²) in [5.74, 6) is 3.01. The molecular weight excluding hydrogens is 1320 g/mol. The van der Waals surface area contributed by atoms with Gasteiger partial charge in [-0.1, -0.05) is 72.8 Å². The van der Waals surface area contributed by atoms with E-state index in [4.69, 9.17) is 18.9 Å². The Morgan fingerprint density at radius 2 is 0.396 bits per heavy atom. The summed E-state index contributed by atoms with van der Waals surface area (Å²) in [6.07, 6.45) is 0. The van der Waals surface area contributed by atoms with Gasteiger partial charge in [0.15, 0.2) is 0 Å². The van der Waals surface area contributed by atoms with Gasteiger partial charge in [-0.2, -0.15) is 0 Å². The molecule has 0 spiro atoms. The Labute approximate surface area is 614 Å². The first-order valence-electron chi connectivity index (χ1n) is 35.1. The molecule has 4 N–H and O–H groups in total. The molecule has 0 fully saturated rings. The minimum Gasteiger partial charge on any atom is -0.497 e. The third kappa shape index (κ3) is 12.9. The van der Waals surface area contributed by atoms with Crippen LogP contribution < -0.4 is 38.5 Å². The summed E-state index contributed by atoms with van der Waals surface area (Å²) in [6.45, 7) is -0.251. The molecule has 0 radical (unpaired) electrons. The van der Waals surface area contributed by atoms with Gasteiger partial charge < -0.3 is 68.1 Å². The Hall–Kier alpha value is -13.1. The topological polar surface area (TPSA) is 141 Å². The fourth-order valence-electron chi connectivity index (χ4n) is 14.4. The number of aromatic nitrogens is 2. The van der Waals surface area contributed by atoms with E-state index in [-0.39, 0.29) is 26.4 Å². The number of fused-ring (bicyclic) bond motifs is 6. The molecule has 0 saturated heterocycles. The molecule has 0 unspecified atom stereocenters. The third-order valence-electron chi connectivity index (χ3n) is 19.9. The Morgan fingerprint density at radius 3 is 0.575 bits per heavy atom.